The molecule has 0 N–H and O–H groups in total. The van der Waals surface area contributed by atoms with Crippen molar-refractivity contribution in [3.8, 4) is 0 Å². The Hall–Kier alpha value is -1.06. The van der Waals surface area contributed by atoms with Gasteiger partial charge in [-0.25, -0.2) is 8.78 Å². The second kappa shape index (κ2) is 15.1. The molecule has 0 aromatic rings. The van der Waals surface area contributed by atoms with Crippen LogP contribution in [0.4, 0.5) is 61.5 Å². The van der Waals surface area contributed by atoms with Crippen LogP contribution in [0.25, 0.3) is 0 Å². The smallest absolute Gasteiger partial charge is 0.374 e. The van der Waals surface area contributed by atoms with Gasteiger partial charge in [0.2, 0.25) is 0 Å². The summed E-state index contributed by atoms with van der Waals surface area (Å²) in [5.74, 6) is -4.60. The summed E-state index contributed by atoms with van der Waals surface area (Å²) in [7, 11) is 0. The van der Waals surface area contributed by atoms with Crippen LogP contribution in [0.1, 0.15) is 115 Å². The predicted molar refractivity (Wildman–Crippen MR) is 182 cm³/mol. The molecule has 15 unspecified atom stereocenters. The molecular weight excluding hydrogens is 778 g/mol. The molecule has 0 aromatic carbocycles. The first-order chi connectivity index (χ1) is 24.9. The van der Waals surface area contributed by atoms with Crippen molar-refractivity contribution in [2.45, 2.75) is 170 Å². The van der Waals surface area contributed by atoms with Gasteiger partial charge in [-0.15, -0.1) is 0 Å². The summed E-state index contributed by atoms with van der Waals surface area (Å²) in [4.78, 5) is 0. The first-order valence-electron chi connectivity index (χ1n) is 19.9. The molecule has 6 rings (SSSR count). The minimum Gasteiger partial charge on any atom is -0.374 e. The molecule has 4 aliphatic heterocycles. The number of alkyl halides is 14. The van der Waals surface area contributed by atoms with Crippen molar-refractivity contribution in [3.63, 3.8) is 0 Å². The van der Waals surface area contributed by atoms with Crippen LogP contribution in [-0.2, 0) is 9.47 Å². The average Bonchev–Trinajstić information content (AvgIpc) is 3.84. The van der Waals surface area contributed by atoms with Crippen LogP contribution in [-0.4, -0.2) is 55.0 Å². The maximum atomic E-state index is 14.3. The van der Waals surface area contributed by atoms with Crippen molar-refractivity contribution in [2.24, 2.45) is 81.3 Å². The Kier molecular flexibility index (Phi) is 12.9. The standard InChI is InChI=1S/C14H21F5.C13H18F6O.C13H21F3O/c1-7-8(2)10-5-9(7)11(13(10,15)16)6-12(3,4)14(17,18)19;1-6-7(2)10-8(4-9(6)20-10)5-11(3,12(14,15)16)13(17,18)19;1-7-8(2)11-9(5-10(7)17-11)6-12(3,4)13(14,15)16/h7-11H,5-6H2,1-4H3;6-10H,4-5H2,1-3H3;7-11H,5-6H2,1-4H3. The van der Waals surface area contributed by atoms with E-state index in [0.717, 1.165) is 20.3 Å². The molecular formula is C40H60F14O2. The van der Waals surface area contributed by atoms with Gasteiger partial charge in [-0.05, 0) is 98.7 Å². The van der Waals surface area contributed by atoms with Gasteiger partial charge in [0.15, 0.2) is 5.41 Å². The Morgan fingerprint density at radius 3 is 1.16 bits per heavy atom. The maximum Gasteiger partial charge on any atom is 0.402 e. The quantitative estimate of drug-likeness (QED) is 0.248. The zero-order valence-corrected chi connectivity index (χ0v) is 34.0. The van der Waals surface area contributed by atoms with E-state index in [-0.39, 0.29) is 73.6 Å². The molecule has 56 heavy (non-hydrogen) atoms. The van der Waals surface area contributed by atoms with Gasteiger partial charge in [0.25, 0.3) is 5.92 Å². The molecule has 2 nitrogen and oxygen atoms in total. The van der Waals surface area contributed by atoms with E-state index in [0.29, 0.717) is 18.3 Å². The fourth-order valence-corrected chi connectivity index (χ4v) is 10.8. The molecule has 4 heterocycles. The van der Waals surface area contributed by atoms with E-state index in [1.165, 1.54) is 13.8 Å². The molecule has 330 valence electrons. The molecule has 4 saturated heterocycles. The third-order valence-corrected chi connectivity index (χ3v) is 15.7. The van der Waals surface area contributed by atoms with Crippen LogP contribution in [0, 0.1) is 81.3 Å². The van der Waals surface area contributed by atoms with Crippen molar-refractivity contribution in [1.82, 2.24) is 0 Å². The van der Waals surface area contributed by atoms with Crippen molar-refractivity contribution >= 4 is 0 Å². The zero-order chi connectivity index (χ0) is 43.3. The van der Waals surface area contributed by atoms with Crippen LogP contribution in [0.2, 0.25) is 0 Å². The van der Waals surface area contributed by atoms with Gasteiger partial charge in [-0.3, -0.25) is 0 Å². The lowest BCUT2D eigenvalue weighted by atomic mass is 9.68. The second-order valence-electron chi connectivity index (χ2n) is 19.9. The summed E-state index contributed by atoms with van der Waals surface area (Å²) < 4.78 is 195. The highest BCUT2D eigenvalue weighted by Crippen LogP contribution is 2.65. The average molecular weight is 839 g/mol. The molecule has 15 atom stereocenters. The van der Waals surface area contributed by atoms with Crippen LogP contribution in [0.5, 0.6) is 0 Å². The van der Waals surface area contributed by atoms with E-state index < -0.39 is 83.6 Å². The van der Waals surface area contributed by atoms with Gasteiger partial charge in [-0.2, -0.15) is 52.7 Å². The summed E-state index contributed by atoms with van der Waals surface area (Å²) in [5, 5.41) is 0. The number of halogens is 14. The van der Waals surface area contributed by atoms with Crippen LogP contribution in [0.3, 0.4) is 0 Å². The minimum absolute atomic E-state index is 0.00414. The lowest BCUT2D eigenvalue weighted by Gasteiger charge is -2.42. The Bertz CT molecular complexity index is 1330. The van der Waals surface area contributed by atoms with Gasteiger partial charge in [0, 0.05) is 11.8 Å². The normalized spacial score (nSPS) is 40.8. The fraction of sp³-hybridized carbons (Fsp3) is 1.00. The molecule has 6 aliphatic rings. The first kappa shape index (κ1) is 47.6. The topological polar surface area (TPSA) is 18.5 Å². The van der Waals surface area contributed by atoms with Crippen molar-refractivity contribution < 1.29 is 70.9 Å². The highest BCUT2D eigenvalue weighted by Gasteiger charge is 2.70. The van der Waals surface area contributed by atoms with Crippen molar-refractivity contribution in [3.05, 3.63) is 0 Å². The third-order valence-electron chi connectivity index (χ3n) is 15.7. The number of fused-ring (bicyclic) bond motifs is 6. The lowest BCUT2D eigenvalue weighted by molar-refractivity contribution is -0.340. The molecule has 16 heteroatoms. The lowest BCUT2D eigenvalue weighted by Crippen LogP contribution is -2.50. The van der Waals surface area contributed by atoms with Crippen LogP contribution >= 0.6 is 0 Å². The van der Waals surface area contributed by atoms with E-state index in [2.05, 4.69) is 13.8 Å². The fourth-order valence-electron chi connectivity index (χ4n) is 10.8. The summed E-state index contributed by atoms with van der Waals surface area (Å²) in [6.07, 6.45) is -19.4. The Labute approximate surface area is 321 Å². The Morgan fingerprint density at radius 1 is 0.464 bits per heavy atom. The van der Waals surface area contributed by atoms with Gasteiger partial charge < -0.3 is 9.47 Å². The number of hydrogen-bond acceptors (Lipinski definition) is 2. The van der Waals surface area contributed by atoms with Gasteiger partial charge in [-0.1, -0.05) is 69.2 Å². The highest BCUT2D eigenvalue weighted by molar-refractivity contribution is 5.09. The number of ether oxygens (including phenoxy) is 2. The highest BCUT2D eigenvalue weighted by atomic mass is 19.4. The van der Waals surface area contributed by atoms with Crippen LogP contribution < -0.4 is 0 Å². The molecule has 2 aliphatic carbocycles. The third kappa shape index (κ3) is 8.46. The van der Waals surface area contributed by atoms with E-state index in [1.54, 1.807) is 6.92 Å². The SMILES string of the molecule is CC1C(C)C2CC1C(CC(C)(C)C(F)(F)F)C2(F)F.CC1C2CC(CC(C)(C(F)(F)F)C(F)(F)F)C(O2)C1C.CC1C2CC(CC(C)(C)C(F)(F)F)C(O2)C1C. The Balaban J connectivity index is 0.000000187. The number of rotatable bonds is 6. The second-order valence-corrected chi connectivity index (χ2v) is 19.9. The van der Waals surface area contributed by atoms with E-state index in [4.69, 9.17) is 9.47 Å². The van der Waals surface area contributed by atoms with Crippen molar-refractivity contribution in [1.29, 1.82) is 0 Å². The molecule has 2 saturated carbocycles. The zero-order valence-electron chi connectivity index (χ0n) is 34.0. The Morgan fingerprint density at radius 2 is 0.839 bits per heavy atom. The largest absolute Gasteiger partial charge is 0.402 e. The molecule has 0 spiro atoms. The monoisotopic (exact) mass is 838 g/mol. The van der Waals surface area contributed by atoms with Crippen molar-refractivity contribution in [2.75, 3.05) is 0 Å². The molecule has 0 aromatic heterocycles. The molecule has 0 amide bonds. The molecule has 0 radical (unpaired) electrons. The molecule has 6 bridgehead atoms. The van der Waals surface area contributed by atoms with E-state index >= 15 is 0 Å². The summed E-state index contributed by atoms with van der Waals surface area (Å²) >= 11 is 0. The van der Waals surface area contributed by atoms with E-state index in [1.807, 2.05) is 20.8 Å². The minimum atomic E-state index is -5.30. The van der Waals surface area contributed by atoms with E-state index in [9.17, 15) is 61.5 Å². The predicted octanol–water partition coefficient (Wildman–Crippen LogP) is 13.7. The van der Waals surface area contributed by atoms with Gasteiger partial charge in [0.05, 0.1) is 35.2 Å². The summed E-state index contributed by atoms with van der Waals surface area (Å²) in [6, 6.07) is 0. The van der Waals surface area contributed by atoms with Gasteiger partial charge in [0.1, 0.15) is 0 Å². The van der Waals surface area contributed by atoms with Crippen LogP contribution in [0.15, 0.2) is 0 Å². The summed E-state index contributed by atoms with van der Waals surface area (Å²) in [6.45, 7) is 16.6. The molecule has 6 fully saturated rings. The number of hydrogen-bond donors (Lipinski definition) is 0. The maximum absolute atomic E-state index is 14.3. The van der Waals surface area contributed by atoms with Gasteiger partial charge >= 0.3 is 24.7 Å². The first-order valence-corrected chi connectivity index (χ1v) is 19.9. The summed E-state index contributed by atoms with van der Waals surface area (Å²) in [5.41, 5.74) is -7.32.